The summed E-state index contributed by atoms with van der Waals surface area (Å²) in [5, 5.41) is 5.01. The molecule has 3 heteroatoms. The predicted molar refractivity (Wildman–Crippen MR) is 158 cm³/mol. The van der Waals surface area contributed by atoms with Gasteiger partial charge in [0.05, 0.1) is 16.9 Å². The van der Waals surface area contributed by atoms with E-state index in [2.05, 4.69) is 142 Å². The van der Waals surface area contributed by atoms with E-state index in [4.69, 9.17) is 0 Å². The summed E-state index contributed by atoms with van der Waals surface area (Å²) in [4.78, 5) is 2.57. The zero-order valence-corrected chi connectivity index (χ0v) is 21.0. The molecular weight excluding hydrogens is 462 g/mol. The summed E-state index contributed by atoms with van der Waals surface area (Å²) < 4.78 is 2.47. The molecule has 0 spiro atoms. The first-order chi connectivity index (χ1) is 18.9. The Morgan fingerprint density at radius 1 is 0.737 bits per heavy atom. The summed E-state index contributed by atoms with van der Waals surface area (Å²) >= 11 is 0. The van der Waals surface area contributed by atoms with Crippen LogP contribution in [0.1, 0.15) is 35.8 Å². The fraction of sp³-hybridized carbons (Fsp3) is 0.0857. The number of nitrogens with one attached hydrogen (secondary N) is 1. The molecule has 182 valence electrons. The molecular formula is C35H27N3. The first kappa shape index (κ1) is 21.3. The molecule has 0 radical (unpaired) electrons. The van der Waals surface area contributed by atoms with Gasteiger partial charge < -0.3 is 14.8 Å². The Bertz CT molecular complexity index is 1800. The Morgan fingerprint density at radius 2 is 1.53 bits per heavy atom. The van der Waals surface area contributed by atoms with Crippen LogP contribution in [0.2, 0.25) is 0 Å². The van der Waals surface area contributed by atoms with Gasteiger partial charge >= 0.3 is 0 Å². The highest BCUT2D eigenvalue weighted by atomic mass is 15.3. The van der Waals surface area contributed by atoms with Crippen molar-refractivity contribution in [1.82, 2.24) is 9.88 Å². The van der Waals surface area contributed by atoms with Crippen molar-refractivity contribution in [3.05, 3.63) is 144 Å². The number of fused-ring (bicyclic) bond motifs is 7. The molecule has 1 N–H and O–H groups in total. The average molecular weight is 490 g/mol. The lowest BCUT2D eigenvalue weighted by atomic mass is 9.95. The van der Waals surface area contributed by atoms with Crippen molar-refractivity contribution in [1.29, 1.82) is 0 Å². The number of allylic oxidation sites excluding steroid dienone is 4. The van der Waals surface area contributed by atoms with Crippen molar-refractivity contribution in [3.63, 3.8) is 0 Å². The van der Waals surface area contributed by atoms with Gasteiger partial charge in [-0.2, -0.15) is 0 Å². The third kappa shape index (κ3) is 3.02. The molecule has 3 aliphatic rings. The van der Waals surface area contributed by atoms with Crippen LogP contribution in [0, 0.1) is 0 Å². The second-order valence-corrected chi connectivity index (χ2v) is 10.1. The summed E-state index contributed by atoms with van der Waals surface area (Å²) in [7, 11) is 0. The van der Waals surface area contributed by atoms with Crippen molar-refractivity contribution >= 4 is 28.2 Å². The van der Waals surface area contributed by atoms with Crippen LogP contribution in [-0.2, 0) is 0 Å². The zero-order valence-electron chi connectivity index (χ0n) is 21.0. The number of para-hydroxylation sites is 3. The molecule has 8 rings (SSSR count). The van der Waals surface area contributed by atoms with Crippen LogP contribution in [0.25, 0.3) is 39.4 Å². The molecule has 3 nitrogen and oxygen atoms in total. The fourth-order valence-electron chi connectivity index (χ4n) is 6.51. The second-order valence-electron chi connectivity index (χ2n) is 10.1. The van der Waals surface area contributed by atoms with E-state index in [1.165, 1.54) is 61.5 Å². The zero-order chi connectivity index (χ0) is 25.1. The van der Waals surface area contributed by atoms with Crippen LogP contribution in [0.15, 0.2) is 127 Å². The number of anilines is 1. The molecule has 0 bridgehead atoms. The number of hydrogen-bond donors (Lipinski definition) is 1. The Kier molecular flexibility index (Phi) is 4.71. The Morgan fingerprint density at radius 3 is 2.47 bits per heavy atom. The van der Waals surface area contributed by atoms with Crippen LogP contribution < -0.4 is 10.2 Å². The SMILES string of the molecule is C1=CC2=C(CC1)N(C1NC=Cc3ccccc31)c1ccccc1-c1c2n(-c2ccccc2)c2ccccc12. The maximum absolute atomic E-state index is 3.73. The van der Waals surface area contributed by atoms with E-state index in [0.29, 0.717) is 0 Å². The lowest BCUT2D eigenvalue weighted by Crippen LogP contribution is -2.38. The summed E-state index contributed by atoms with van der Waals surface area (Å²) in [6, 6.07) is 37.4. The van der Waals surface area contributed by atoms with Gasteiger partial charge in [0.2, 0.25) is 0 Å². The molecule has 0 amide bonds. The highest BCUT2D eigenvalue weighted by Crippen LogP contribution is 2.52. The van der Waals surface area contributed by atoms with Gasteiger partial charge in [0.1, 0.15) is 6.17 Å². The van der Waals surface area contributed by atoms with E-state index in [1.54, 1.807) is 0 Å². The molecule has 1 atom stereocenters. The number of rotatable bonds is 2. The largest absolute Gasteiger partial charge is 0.367 e. The van der Waals surface area contributed by atoms with Crippen molar-refractivity contribution < 1.29 is 0 Å². The van der Waals surface area contributed by atoms with Gasteiger partial charge in [-0.15, -0.1) is 0 Å². The minimum Gasteiger partial charge on any atom is -0.367 e. The van der Waals surface area contributed by atoms with Gasteiger partial charge in [-0.25, -0.2) is 0 Å². The lowest BCUT2D eigenvalue weighted by Gasteiger charge is -2.39. The van der Waals surface area contributed by atoms with Crippen molar-refractivity contribution in [2.24, 2.45) is 0 Å². The average Bonchev–Trinajstić information content (AvgIpc) is 3.27. The van der Waals surface area contributed by atoms with Crippen LogP contribution in [0.5, 0.6) is 0 Å². The van der Waals surface area contributed by atoms with E-state index in [1.807, 2.05) is 0 Å². The minimum atomic E-state index is 0.00861. The van der Waals surface area contributed by atoms with E-state index in [0.717, 1.165) is 12.8 Å². The van der Waals surface area contributed by atoms with E-state index in [-0.39, 0.29) is 6.17 Å². The molecule has 1 unspecified atom stereocenters. The lowest BCUT2D eigenvalue weighted by molar-refractivity contribution is 0.594. The van der Waals surface area contributed by atoms with E-state index < -0.39 is 0 Å². The Balaban J connectivity index is 1.51. The van der Waals surface area contributed by atoms with Crippen molar-refractivity contribution in [3.8, 4) is 16.8 Å². The van der Waals surface area contributed by atoms with Crippen LogP contribution >= 0.6 is 0 Å². The number of aromatic nitrogens is 1. The number of hydrogen-bond acceptors (Lipinski definition) is 2. The predicted octanol–water partition coefficient (Wildman–Crippen LogP) is 8.45. The third-order valence-corrected chi connectivity index (χ3v) is 8.08. The summed E-state index contributed by atoms with van der Waals surface area (Å²) in [5.41, 5.74) is 12.7. The Labute approximate surface area is 222 Å². The molecule has 38 heavy (non-hydrogen) atoms. The standard InChI is InChI=1S/C35H27N3/c1-2-13-25(14-3-1)37-30-19-9-6-16-27(30)33-28-17-7-10-20-31(28)38(32-21-11-8-18-29(32)34(33)37)35-26-15-5-4-12-24(26)22-23-36-35/h1-10,12-20,22-23,35-36H,11,21H2. The maximum atomic E-state index is 3.73. The number of nitrogens with zero attached hydrogens (tertiary/aromatic N) is 2. The van der Waals surface area contributed by atoms with Crippen molar-refractivity contribution in [2.45, 2.75) is 19.0 Å². The molecule has 1 aliphatic carbocycles. The third-order valence-electron chi connectivity index (χ3n) is 8.08. The monoisotopic (exact) mass is 489 g/mol. The van der Waals surface area contributed by atoms with Gasteiger partial charge in [0.15, 0.2) is 0 Å². The summed E-state index contributed by atoms with van der Waals surface area (Å²) in [5.74, 6) is 0. The van der Waals surface area contributed by atoms with Crippen molar-refractivity contribution in [2.75, 3.05) is 4.90 Å². The normalized spacial score (nSPS) is 17.4. The van der Waals surface area contributed by atoms with E-state index in [9.17, 15) is 0 Å². The van der Waals surface area contributed by atoms with Gasteiger partial charge in [-0.05, 0) is 54.9 Å². The molecule has 0 saturated heterocycles. The van der Waals surface area contributed by atoms with Gasteiger partial charge in [0.25, 0.3) is 0 Å². The quantitative estimate of drug-likeness (QED) is 0.268. The van der Waals surface area contributed by atoms with Crippen LogP contribution in [0.4, 0.5) is 5.69 Å². The molecule has 0 fully saturated rings. The molecule has 1 aromatic heterocycles. The van der Waals surface area contributed by atoms with Crippen LogP contribution in [0.3, 0.4) is 0 Å². The highest BCUT2D eigenvalue weighted by Gasteiger charge is 2.36. The molecule has 2 aliphatic heterocycles. The topological polar surface area (TPSA) is 20.2 Å². The first-order valence-corrected chi connectivity index (χ1v) is 13.4. The fourth-order valence-corrected chi connectivity index (χ4v) is 6.51. The molecule has 3 heterocycles. The van der Waals surface area contributed by atoms with Gasteiger partial charge in [-0.1, -0.05) is 91.0 Å². The number of benzene rings is 4. The summed E-state index contributed by atoms with van der Waals surface area (Å²) in [6.45, 7) is 0. The maximum Gasteiger partial charge on any atom is 0.130 e. The second kappa shape index (κ2) is 8.39. The van der Waals surface area contributed by atoms with Crippen LogP contribution in [-0.4, -0.2) is 4.57 Å². The minimum absolute atomic E-state index is 0.00861. The highest BCUT2D eigenvalue weighted by molar-refractivity contribution is 6.09. The summed E-state index contributed by atoms with van der Waals surface area (Å²) in [6.07, 6.45) is 11.0. The molecule has 0 saturated carbocycles. The molecule has 4 aromatic carbocycles. The van der Waals surface area contributed by atoms with E-state index >= 15 is 0 Å². The van der Waals surface area contributed by atoms with Gasteiger partial charge in [-0.3, -0.25) is 0 Å². The first-order valence-electron chi connectivity index (χ1n) is 13.4. The van der Waals surface area contributed by atoms with Gasteiger partial charge in [0, 0.05) is 39.0 Å². The Hall–Kier alpha value is -4.76. The molecule has 5 aromatic rings. The smallest absolute Gasteiger partial charge is 0.130 e.